The van der Waals surface area contributed by atoms with Gasteiger partial charge in [0.15, 0.2) is 0 Å². The van der Waals surface area contributed by atoms with Crippen molar-refractivity contribution < 1.29 is 13.2 Å². The molecule has 1 aliphatic rings. The van der Waals surface area contributed by atoms with Gasteiger partial charge < -0.3 is 4.74 Å². The van der Waals surface area contributed by atoms with Crippen LogP contribution in [0.5, 0.6) is 0 Å². The van der Waals surface area contributed by atoms with Gasteiger partial charge in [0.1, 0.15) is 6.10 Å². The van der Waals surface area contributed by atoms with Crippen molar-refractivity contribution in [2.24, 2.45) is 0 Å². The van der Waals surface area contributed by atoms with E-state index in [9.17, 15) is 8.42 Å². The summed E-state index contributed by atoms with van der Waals surface area (Å²) in [4.78, 5) is 0. The van der Waals surface area contributed by atoms with E-state index in [4.69, 9.17) is 4.74 Å². The number of sulfonamides is 1. The number of benzene rings is 1. The molecule has 1 fully saturated rings. The molecule has 0 amide bonds. The highest BCUT2D eigenvalue weighted by atomic mass is 32.2. The van der Waals surface area contributed by atoms with Crippen molar-refractivity contribution in [2.75, 3.05) is 6.61 Å². The Balaban J connectivity index is 1.73. The topological polar surface area (TPSA) is 73.2 Å². The van der Waals surface area contributed by atoms with E-state index >= 15 is 0 Å². The molecular weight excluding hydrogens is 338 g/mol. The second-order valence-corrected chi connectivity index (χ2v) is 7.64. The largest absolute Gasteiger partial charge is 0.372 e. The summed E-state index contributed by atoms with van der Waals surface area (Å²) in [6, 6.07) is 9.06. The first-order valence-electron chi connectivity index (χ1n) is 8.47. The van der Waals surface area contributed by atoms with Crippen LogP contribution < -0.4 is 4.72 Å². The molecule has 7 heteroatoms. The van der Waals surface area contributed by atoms with Crippen molar-refractivity contribution in [3.8, 4) is 0 Å². The van der Waals surface area contributed by atoms with E-state index in [1.807, 2.05) is 48.1 Å². The average molecular weight is 361 g/mol. The van der Waals surface area contributed by atoms with Crippen LogP contribution >= 0.6 is 0 Å². The molecular formula is C18H23N3O3S. The van der Waals surface area contributed by atoms with Gasteiger partial charge in [-0.1, -0.05) is 30.3 Å². The summed E-state index contributed by atoms with van der Waals surface area (Å²) in [7, 11) is -3.56. The van der Waals surface area contributed by atoms with Crippen LogP contribution in [0.1, 0.15) is 37.0 Å². The van der Waals surface area contributed by atoms with Gasteiger partial charge in [-0.3, -0.25) is 4.68 Å². The van der Waals surface area contributed by atoms with Gasteiger partial charge in [0.25, 0.3) is 0 Å². The first-order chi connectivity index (χ1) is 12.1. The van der Waals surface area contributed by atoms with Crippen LogP contribution in [0.25, 0.3) is 6.08 Å². The van der Waals surface area contributed by atoms with Crippen LogP contribution in [-0.4, -0.2) is 30.8 Å². The van der Waals surface area contributed by atoms with E-state index in [2.05, 4.69) is 9.82 Å². The number of hydrogen-bond acceptors (Lipinski definition) is 4. The fourth-order valence-corrected chi connectivity index (χ4v) is 3.99. The van der Waals surface area contributed by atoms with Crippen molar-refractivity contribution in [3.05, 3.63) is 59.3 Å². The Bertz CT molecular complexity index is 815. The highest BCUT2D eigenvalue weighted by Gasteiger charge is 2.31. The maximum absolute atomic E-state index is 12.4. The van der Waals surface area contributed by atoms with Gasteiger partial charge in [-0.05, 0) is 31.4 Å². The molecule has 3 rings (SSSR count). The third kappa shape index (κ3) is 4.78. The molecule has 0 radical (unpaired) electrons. The van der Waals surface area contributed by atoms with Crippen LogP contribution in [0.4, 0.5) is 0 Å². The number of rotatable bonds is 6. The Morgan fingerprint density at radius 1 is 1.36 bits per heavy atom. The predicted octanol–water partition coefficient (Wildman–Crippen LogP) is 2.71. The van der Waals surface area contributed by atoms with Crippen molar-refractivity contribution in [1.29, 1.82) is 0 Å². The van der Waals surface area contributed by atoms with Crippen LogP contribution in [0.3, 0.4) is 0 Å². The lowest BCUT2D eigenvalue weighted by molar-refractivity contribution is -0.00438. The van der Waals surface area contributed by atoms with Gasteiger partial charge in [-0.15, -0.1) is 0 Å². The molecule has 0 bridgehead atoms. The highest BCUT2D eigenvalue weighted by molar-refractivity contribution is 7.92. The Labute approximate surface area is 148 Å². The zero-order valence-corrected chi connectivity index (χ0v) is 15.0. The minimum atomic E-state index is -3.56. The van der Waals surface area contributed by atoms with Crippen molar-refractivity contribution in [2.45, 2.75) is 38.5 Å². The molecule has 1 aliphatic heterocycles. The van der Waals surface area contributed by atoms with Crippen LogP contribution in [0.2, 0.25) is 0 Å². The van der Waals surface area contributed by atoms with Crippen LogP contribution in [0.15, 0.2) is 48.1 Å². The standard InChI is InChI=1S/C18H23N3O3S/c1-2-21-14-16(13-19-21)18-17(9-6-11-24-18)20-25(22,23)12-10-15-7-4-3-5-8-15/h3-5,7-8,10,12-14,17-18,20H,2,6,9,11H2,1H3/t17-,18+/m0/s1. The monoisotopic (exact) mass is 361 g/mol. The number of nitrogens with one attached hydrogen (secondary N) is 1. The molecule has 0 saturated carbocycles. The van der Waals surface area contributed by atoms with E-state index in [0.29, 0.717) is 6.61 Å². The van der Waals surface area contributed by atoms with E-state index in [-0.39, 0.29) is 12.1 Å². The first kappa shape index (κ1) is 17.8. The molecule has 1 saturated heterocycles. The maximum Gasteiger partial charge on any atom is 0.234 e. The molecule has 0 unspecified atom stereocenters. The number of aryl methyl sites for hydroxylation is 1. The van der Waals surface area contributed by atoms with E-state index in [0.717, 1.165) is 30.5 Å². The molecule has 6 nitrogen and oxygen atoms in total. The Kier molecular flexibility index (Phi) is 5.67. The lowest BCUT2D eigenvalue weighted by Crippen LogP contribution is -2.41. The van der Waals surface area contributed by atoms with E-state index in [1.54, 1.807) is 12.3 Å². The van der Waals surface area contributed by atoms with Crippen molar-refractivity contribution >= 4 is 16.1 Å². The minimum Gasteiger partial charge on any atom is -0.372 e. The molecule has 2 atom stereocenters. The summed E-state index contributed by atoms with van der Waals surface area (Å²) in [6.45, 7) is 3.40. The van der Waals surface area contributed by atoms with Crippen molar-refractivity contribution in [1.82, 2.24) is 14.5 Å². The molecule has 0 aliphatic carbocycles. The van der Waals surface area contributed by atoms with Gasteiger partial charge in [-0.2, -0.15) is 5.10 Å². The molecule has 25 heavy (non-hydrogen) atoms. The van der Waals surface area contributed by atoms with Gasteiger partial charge in [0, 0.05) is 30.3 Å². The summed E-state index contributed by atoms with van der Waals surface area (Å²) in [6.07, 6.45) is 6.51. The summed E-state index contributed by atoms with van der Waals surface area (Å²) in [5.41, 5.74) is 1.75. The maximum atomic E-state index is 12.4. The highest BCUT2D eigenvalue weighted by Crippen LogP contribution is 2.28. The first-order valence-corrected chi connectivity index (χ1v) is 10.0. The summed E-state index contributed by atoms with van der Waals surface area (Å²) >= 11 is 0. The second-order valence-electron chi connectivity index (χ2n) is 6.05. The molecule has 1 aromatic carbocycles. The molecule has 2 heterocycles. The van der Waals surface area contributed by atoms with Gasteiger partial charge in [-0.25, -0.2) is 13.1 Å². The quantitative estimate of drug-likeness (QED) is 0.859. The van der Waals surface area contributed by atoms with Gasteiger partial charge in [0.2, 0.25) is 10.0 Å². The zero-order valence-electron chi connectivity index (χ0n) is 14.2. The molecule has 0 spiro atoms. The SMILES string of the molecule is CCn1cc([C@H]2OCCC[C@@H]2NS(=O)(=O)C=Cc2ccccc2)cn1. The third-order valence-corrected chi connectivity index (χ3v) is 5.31. The number of hydrogen-bond donors (Lipinski definition) is 1. The zero-order chi connectivity index (χ0) is 17.7. The van der Waals surface area contributed by atoms with Gasteiger partial charge in [0.05, 0.1) is 12.2 Å². The normalized spacial score (nSPS) is 21.6. The Morgan fingerprint density at radius 2 is 2.16 bits per heavy atom. The van der Waals surface area contributed by atoms with Crippen molar-refractivity contribution in [3.63, 3.8) is 0 Å². The second kappa shape index (κ2) is 7.95. The summed E-state index contributed by atoms with van der Waals surface area (Å²) in [5, 5.41) is 5.47. The van der Waals surface area contributed by atoms with E-state index in [1.165, 1.54) is 5.41 Å². The van der Waals surface area contributed by atoms with Crippen LogP contribution in [-0.2, 0) is 21.3 Å². The Morgan fingerprint density at radius 3 is 2.88 bits per heavy atom. The molecule has 2 aromatic rings. The lowest BCUT2D eigenvalue weighted by atomic mass is 9.99. The fraction of sp³-hybridized carbons (Fsp3) is 0.389. The molecule has 1 aromatic heterocycles. The minimum absolute atomic E-state index is 0.298. The third-order valence-electron chi connectivity index (χ3n) is 4.18. The smallest absolute Gasteiger partial charge is 0.234 e. The average Bonchev–Trinajstić information content (AvgIpc) is 3.10. The summed E-state index contributed by atoms with van der Waals surface area (Å²) < 4.78 is 35.3. The number of aromatic nitrogens is 2. The summed E-state index contributed by atoms with van der Waals surface area (Å²) in [5.74, 6) is 0. The fourth-order valence-electron chi connectivity index (χ4n) is 2.91. The molecule has 134 valence electrons. The van der Waals surface area contributed by atoms with E-state index < -0.39 is 10.0 Å². The molecule has 1 N–H and O–H groups in total. The lowest BCUT2D eigenvalue weighted by Gasteiger charge is -2.31. The Hall–Kier alpha value is -1.96. The van der Waals surface area contributed by atoms with Crippen LogP contribution in [0, 0.1) is 0 Å². The number of ether oxygens (including phenoxy) is 1. The predicted molar refractivity (Wildman–Crippen MR) is 97.1 cm³/mol. The van der Waals surface area contributed by atoms with Gasteiger partial charge >= 0.3 is 0 Å². The number of nitrogens with zero attached hydrogens (tertiary/aromatic N) is 2.